The minimum Gasteiger partial charge on any atom is -0.388 e. The Kier molecular flexibility index (Phi) is 6.01. The molecule has 0 amide bonds. The Labute approximate surface area is 115 Å². The van der Waals surface area contributed by atoms with E-state index < -0.39 is 0 Å². The largest absolute Gasteiger partial charge is 0.388 e. The first-order chi connectivity index (χ1) is 8.54. The Morgan fingerprint density at radius 2 is 2.06 bits per heavy atom. The van der Waals surface area contributed by atoms with Gasteiger partial charge in [-0.05, 0) is 46.1 Å². The van der Waals surface area contributed by atoms with Gasteiger partial charge in [0.05, 0.1) is 5.69 Å². The summed E-state index contributed by atoms with van der Waals surface area (Å²) >= 11 is 4.96. The molecule has 4 nitrogen and oxygen atoms in total. The van der Waals surface area contributed by atoms with E-state index in [1.54, 1.807) is 0 Å². The zero-order valence-electron chi connectivity index (χ0n) is 11.4. The maximum Gasteiger partial charge on any atom is 0.129 e. The molecule has 100 valence electrons. The van der Waals surface area contributed by atoms with E-state index in [2.05, 4.69) is 35.8 Å². The molecule has 0 aromatic carbocycles. The van der Waals surface area contributed by atoms with Gasteiger partial charge < -0.3 is 15.5 Å². The molecule has 0 aliphatic carbocycles. The third-order valence-corrected chi connectivity index (χ3v) is 2.94. The Bertz CT molecular complexity index is 392. The van der Waals surface area contributed by atoms with Crippen molar-refractivity contribution in [2.75, 3.05) is 38.6 Å². The molecule has 5 heteroatoms. The second-order valence-corrected chi connectivity index (χ2v) is 4.92. The van der Waals surface area contributed by atoms with Crippen LogP contribution in [0, 0.1) is 0 Å². The van der Waals surface area contributed by atoms with Crippen LogP contribution >= 0.6 is 12.2 Å². The molecular weight excluding hydrogens is 244 g/mol. The number of thiocarbonyl (C=S) groups is 1. The summed E-state index contributed by atoms with van der Waals surface area (Å²) in [5.41, 5.74) is 6.30. The van der Waals surface area contributed by atoms with E-state index in [0.29, 0.717) is 10.7 Å². The van der Waals surface area contributed by atoms with Crippen LogP contribution in [0.1, 0.15) is 19.0 Å². The number of pyridine rings is 1. The highest BCUT2D eigenvalue weighted by atomic mass is 32.1. The lowest BCUT2D eigenvalue weighted by molar-refractivity contribution is 0.400. The average Bonchev–Trinajstić information content (AvgIpc) is 2.34. The lowest BCUT2D eigenvalue weighted by Crippen LogP contribution is -2.28. The van der Waals surface area contributed by atoms with Crippen molar-refractivity contribution >= 4 is 23.0 Å². The smallest absolute Gasteiger partial charge is 0.129 e. The van der Waals surface area contributed by atoms with Gasteiger partial charge in [0, 0.05) is 13.1 Å². The molecule has 0 atom stereocenters. The standard InChI is InChI=1S/C13H22N4S/c1-4-17(10-6-9-16(2)3)12-8-5-7-11(15-12)13(14)18/h5,7-8H,4,6,9-10H2,1-3H3,(H2,14,18). The number of rotatable bonds is 7. The van der Waals surface area contributed by atoms with Gasteiger partial charge in [-0.25, -0.2) is 4.98 Å². The molecule has 0 aliphatic rings. The highest BCUT2D eigenvalue weighted by Crippen LogP contribution is 2.11. The third-order valence-electron chi connectivity index (χ3n) is 2.73. The predicted octanol–water partition coefficient (Wildman–Crippen LogP) is 1.49. The van der Waals surface area contributed by atoms with Gasteiger partial charge in [0.2, 0.25) is 0 Å². The van der Waals surface area contributed by atoms with Crippen LogP contribution < -0.4 is 10.6 Å². The molecule has 1 aromatic heterocycles. The quantitative estimate of drug-likeness (QED) is 0.758. The molecule has 0 spiro atoms. The van der Waals surface area contributed by atoms with Crippen molar-refractivity contribution in [3.8, 4) is 0 Å². The lowest BCUT2D eigenvalue weighted by atomic mass is 10.3. The molecular formula is C13H22N4S. The highest BCUT2D eigenvalue weighted by Gasteiger charge is 2.07. The summed E-state index contributed by atoms with van der Waals surface area (Å²) in [4.78, 5) is 9.26. The molecule has 0 fully saturated rings. The number of aromatic nitrogens is 1. The van der Waals surface area contributed by atoms with E-state index in [0.717, 1.165) is 31.9 Å². The van der Waals surface area contributed by atoms with Gasteiger partial charge in [-0.2, -0.15) is 0 Å². The van der Waals surface area contributed by atoms with Crippen molar-refractivity contribution in [1.29, 1.82) is 0 Å². The monoisotopic (exact) mass is 266 g/mol. The summed E-state index contributed by atoms with van der Waals surface area (Å²) in [6.07, 6.45) is 1.11. The van der Waals surface area contributed by atoms with E-state index in [9.17, 15) is 0 Å². The minimum absolute atomic E-state index is 0.348. The van der Waals surface area contributed by atoms with Crippen molar-refractivity contribution in [2.24, 2.45) is 5.73 Å². The molecule has 0 unspecified atom stereocenters. The van der Waals surface area contributed by atoms with Crippen molar-refractivity contribution < 1.29 is 0 Å². The van der Waals surface area contributed by atoms with Gasteiger partial charge in [0.25, 0.3) is 0 Å². The topological polar surface area (TPSA) is 45.4 Å². The van der Waals surface area contributed by atoms with Crippen LogP contribution in [0.25, 0.3) is 0 Å². The predicted molar refractivity (Wildman–Crippen MR) is 81.2 cm³/mol. The van der Waals surface area contributed by atoms with Crippen LogP contribution in [0.3, 0.4) is 0 Å². The van der Waals surface area contributed by atoms with Crippen molar-refractivity contribution in [3.63, 3.8) is 0 Å². The van der Waals surface area contributed by atoms with E-state index >= 15 is 0 Å². The number of nitrogens with two attached hydrogens (primary N) is 1. The van der Waals surface area contributed by atoms with Crippen LogP contribution in [0.15, 0.2) is 18.2 Å². The van der Waals surface area contributed by atoms with Crippen LogP contribution in [0.4, 0.5) is 5.82 Å². The van der Waals surface area contributed by atoms with Gasteiger partial charge in [0.15, 0.2) is 0 Å². The maximum absolute atomic E-state index is 5.61. The normalized spacial score (nSPS) is 10.7. The van der Waals surface area contributed by atoms with E-state index in [-0.39, 0.29) is 0 Å². The molecule has 18 heavy (non-hydrogen) atoms. The Balaban J connectivity index is 2.69. The first-order valence-electron chi connectivity index (χ1n) is 6.21. The third kappa shape index (κ3) is 4.58. The van der Waals surface area contributed by atoms with Crippen LogP contribution in [0.2, 0.25) is 0 Å². The fraction of sp³-hybridized carbons (Fsp3) is 0.538. The van der Waals surface area contributed by atoms with Gasteiger partial charge >= 0.3 is 0 Å². The number of hydrogen-bond acceptors (Lipinski definition) is 4. The molecule has 1 aromatic rings. The maximum atomic E-state index is 5.61. The fourth-order valence-corrected chi connectivity index (χ4v) is 1.86. The molecule has 0 radical (unpaired) electrons. The van der Waals surface area contributed by atoms with Crippen molar-refractivity contribution in [1.82, 2.24) is 9.88 Å². The average molecular weight is 266 g/mol. The molecule has 0 bridgehead atoms. The van der Waals surface area contributed by atoms with E-state index in [1.165, 1.54) is 0 Å². The lowest BCUT2D eigenvalue weighted by Gasteiger charge is -2.23. The number of hydrogen-bond donors (Lipinski definition) is 1. The van der Waals surface area contributed by atoms with Crippen LogP contribution in [0.5, 0.6) is 0 Å². The summed E-state index contributed by atoms with van der Waals surface area (Å²) in [5, 5.41) is 0. The molecule has 2 N–H and O–H groups in total. The molecule has 1 rings (SSSR count). The molecule has 0 saturated heterocycles. The molecule has 0 aliphatic heterocycles. The van der Waals surface area contributed by atoms with Crippen molar-refractivity contribution in [2.45, 2.75) is 13.3 Å². The van der Waals surface area contributed by atoms with Gasteiger partial charge in [-0.1, -0.05) is 18.3 Å². The van der Waals surface area contributed by atoms with Gasteiger partial charge in [-0.15, -0.1) is 0 Å². The zero-order valence-corrected chi connectivity index (χ0v) is 12.2. The van der Waals surface area contributed by atoms with E-state index in [4.69, 9.17) is 18.0 Å². The summed E-state index contributed by atoms with van der Waals surface area (Å²) < 4.78 is 0. The van der Waals surface area contributed by atoms with E-state index in [1.807, 2.05) is 18.2 Å². The number of nitrogens with zero attached hydrogens (tertiary/aromatic N) is 3. The van der Waals surface area contributed by atoms with Crippen LogP contribution in [-0.2, 0) is 0 Å². The first-order valence-corrected chi connectivity index (χ1v) is 6.62. The number of anilines is 1. The summed E-state index contributed by atoms with van der Waals surface area (Å²) in [6, 6.07) is 5.80. The highest BCUT2D eigenvalue weighted by molar-refractivity contribution is 7.80. The molecule has 0 saturated carbocycles. The second-order valence-electron chi connectivity index (χ2n) is 4.48. The van der Waals surface area contributed by atoms with Gasteiger partial charge in [0.1, 0.15) is 10.8 Å². The summed E-state index contributed by atoms with van der Waals surface area (Å²) in [5.74, 6) is 0.946. The SMILES string of the molecule is CCN(CCCN(C)C)c1cccc(C(N)=S)n1. The molecule has 1 heterocycles. The first kappa shape index (κ1) is 14.9. The Morgan fingerprint density at radius 3 is 2.61 bits per heavy atom. The Morgan fingerprint density at radius 1 is 1.33 bits per heavy atom. The van der Waals surface area contributed by atoms with Crippen molar-refractivity contribution in [3.05, 3.63) is 23.9 Å². The summed E-state index contributed by atoms with van der Waals surface area (Å²) in [6.45, 7) is 5.12. The zero-order chi connectivity index (χ0) is 13.5. The minimum atomic E-state index is 0.348. The Hall–Kier alpha value is -1.20. The van der Waals surface area contributed by atoms with Gasteiger partial charge in [-0.3, -0.25) is 0 Å². The fourth-order valence-electron chi connectivity index (χ4n) is 1.75. The summed E-state index contributed by atoms with van der Waals surface area (Å²) in [7, 11) is 4.17. The van der Waals surface area contributed by atoms with Crippen LogP contribution in [-0.4, -0.2) is 48.6 Å². The second kappa shape index (κ2) is 7.28.